The molecule has 0 aromatic heterocycles. The van der Waals surface area contributed by atoms with E-state index in [4.69, 9.17) is 4.74 Å². The molecular formula is C17H25NO3. The highest BCUT2D eigenvalue weighted by Crippen LogP contribution is 2.19. The molecule has 2 N–H and O–H groups in total. The molecule has 1 aromatic carbocycles. The van der Waals surface area contributed by atoms with Crippen LogP contribution in [0.1, 0.15) is 49.9 Å². The highest BCUT2D eigenvalue weighted by Gasteiger charge is 2.24. The first-order valence-corrected chi connectivity index (χ1v) is 7.78. The molecule has 4 nitrogen and oxygen atoms in total. The van der Waals surface area contributed by atoms with Crippen molar-refractivity contribution in [3.8, 4) is 5.75 Å². The lowest BCUT2D eigenvalue weighted by Gasteiger charge is -2.28. The standard InChI is InChI=1S/C17H25NO3/c1-12(2)11-21-14-9-7-13(8-10-14)17(20)18-15-5-3-4-6-16(15)19/h7-10,12,15-16,19H,3-6,11H2,1-2H3,(H,18,20)/t15-,16-/m1/s1. The first-order chi connectivity index (χ1) is 10.1. The summed E-state index contributed by atoms with van der Waals surface area (Å²) in [7, 11) is 0. The Morgan fingerprint density at radius 1 is 1.29 bits per heavy atom. The Morgan fingerprint density at radius 2 is 1.95 bits per heavy atom. The van der Waals surface area contributed by atoms with Crippen LogP contribution >= 0.6 is 0 Å². The van der Waals surface area contributed by atoms with Crippen LogP contribution in [0.5, 0.6) is 5.75 Å². The lowest BCUT2D eigenvalue weighted by atomic mass is 9.92. The summed E-state index contributed by atoms with van der Waals surface area (Å²) in [5.41, 5.74) is 0.602. The Bertz CT molecular complexity index is 456. The minimum atomic E-state index is -0.420. The van der Waals surface area contributed by atoms with Crippen LogP contribution in [0.3, 0.4) is 0 Å². The zero-order chi connectivity index (χ0) is 15.2. The van der Waals surface area contributed by atoms with E-state index in [1.165, 1.54) is 0 Å². The number of rotatable bonds is 5. The number of hydrogen-bond donors (Lipinski definition) is 2. The molecule has 0 radical (unpaired) electrons. The average molecular weight is 291 g/mol. The van der Waals surface area contributed by atoms with Gasteiger partial charge in [-0.1, -0.05) is 26.7 Å². The zero-order valence-electron chi connectivity index (χ0n) is 12.8. The van der Waals surface area contributed by atoms with Gasteiger partial charge in [-0.3, -0.25) is 4.79 Å². The molecule has 0 aliphatic heterocycles. The summed E-state index contributed by atoms with van der Waals surface area (Å²) >= 11 is 0. The fraction of sp³-hybridized carbons (Fsp3) is 0.588. The summed E-state index contributed by atoms with van der Waals surface area (Å²) in [5, 5.41) is 12.8. The lowest BCUT2D eigenvalue weighted by molar-refractivity contribution is 0.0717. The van der Waals surface area contributed by atoms with Gasteiger partial charge in [0.05, 0.1) is 18.8 Å². The van der Waals surface area contributed by atoms with Gasteiger partial charge in [0.2, 0.25) is 0 Å². The molecule has 0 heterocycles. The molecule has 0 unspecified atom stereocenters. The van der Waals surface area contributed by atoms with Crippen LogP contribution in [0.25, 0.3) is 0 Å². The van der Waals surface area contributed by atoms with Gasteiger partial charge in [-0.2, -0.15) is 0 Å². The van der Waals surface area contributed by atoms with Gasteiger partial charge in [-0.05, 0) is 43.0 Å². The molecule has 1 aliphatic carbocycles. The summed E-state index contributed by atoms with van der Waals surface area (Å²) in [5.74, 6) is 1.12. The Hall–Kier alpha value is -1.55. The fourth-order valence-electron chi connectivity index (χ4n) is 2.50. The van der Waals surface area contributed by atoms with E-state index in [-0.39, 0.29) is 11.9 Å². The van der Waals surface area contributed by atoms with E-state index in [2.05, 4.69) is 19.2 Å². The predicted molar refractivity (Wildman–Crippen MR) is 82.5 cm³/mol. The SMILES string of the molecule is CC(C)COc1ccc(C(=O)N[C@@H]2CCCC[C@H]2O)cc1. The van der Waals surface area contributed by atoms with Gasteiger partial charge in [-0.25, -0.2) is 0 Å². The number of nitrogens with one attached hydrogen (secondary N) is 1. The molecule has 1 fully saturated rings. The van der Waals surface area contributed by atoms with Crippen molar-refractivity contribution in [2.75, 3.05) is 6.61 Å². The van der Waals surface area contributed by atoms with E-state index in [9.17, 15) is 9.90 Å². The first kappa shape index (κ1) is 15.8. The number of aliphatic hydroxyl groups is 1. The van der Waals surface area contributed by atoms with E-state index in [1.807, 2.05) is 12.1 Å². The molecule has 2 rings (SSSR count). The number of amides is 1. The number of carbonyl (C=O) groups excluding carboxylic acids is 1. The van der Waals surface area contributed by atoms with Crippen molar-refractivity contribution >= 4 is 5.91 Å². The second-order valence-corrected chi connectivity index (χ2v) is 6.16. The Morgan fingerprint density at radius 3 is 2.57 bits per heavy atom. The molecule has 0 saturated heterocycles. The summed E-state index contributed by atoms with van der Waals surface area (Å²) < 4.78 is 5.60. The quantitative estimate of drug-likeness (QED) is 0.877. The van der Waals surface area contributed by atoms with Crippen LogP contribution in [0, 0.1) is 5.92 Å². The van der Waals surface area contributed by atoms with Crippen LogP contribution in [0.15, 0.2) is 24.3 Å². The molecule has 2 atom stereocenters. The van der Waals surface area contributed by atoms with E-state index in [1.54, 1.807) is 12.1 Å². The number of ether oxygens (including phenoxy) is 1. The fourth-order valence-corrected chi connectivity index (χ4v) is 2.50. The van der Waals surface area contributed by atoms with E-state index in [0.717, 1.165) is 31.4 Å². The molecule has 1 saturated carbocycles. The summed E-state index contributed by atoms with van der Waals surface area (Å²) in [6.45, 7) is 4.86. The van der Waals surface area contributed by atoms with E-state index >= 15 is 0 Å². The topological polar surface area (TPSA) is 58.6 Å². The number of carbonyl (C=O) groups is 1. The molecule has 4 heteroatoms. The normalized spacial score (nSPS) is 22.1. The third-order valence-electron chi connectivity index (χ3n) is 3.75. The number of hydrogen-bond acceptors (Lipinski definition) is 3. The smallest absolute Gasteiger partial charge is 0.251 e. The molecule has 0 bridgehead atoms. The second-order valence-electron chi connectivity index (χ2n) is 6.16. The molecule has 116 valence electrons. The third kappa shape index (κ3) is 4.74. The predicted octanol–water partition coefficient (Wildman–Crippen LogP) is 2.75. The summed E-state index contributed by atoms with van der Waals surface area (Å²) in [6.07, 6.45) is 3.30. The Kier molecular flexibility index (Phi) is 5.62. The minimum absolute atomic E-state index is 0.122. The van der Waals surface area contributed by atoms with Crippen LogP contribution < -0.4 is 10.1 Å². The molecular weight excluding hydrogens is 266 g/mol. The Labute approximate surface area is 126 Å². The summed E-state index contributed by atoms with van der Waals surface area (Å²) in [6, 6.07) is 7.03. The maximum absolute atomic E-state index is 12.2. The van der Waals surface area contributed by atoms with Gasteiger partial charge in [0.1, 0.15) is 5.75 Å². The van der Waals surface area contributed by atoms with Crippen molar-refractivity contribution in [1.82, 2.24) is 5.32 Å². The third-order valence-corrected chi connectivity index (χ3v) is 3.75. The Balaban J connectivity index is 1.90. The maximum Gasteiger partial charge on any atom is 0.251 e. The molecule has 1 aromatic rings. The maximum atomic E-state index is 12.2. The zero-order valence-corrected chi connectivity index (χ0v) is 12.8. The minimum Gasteiger partial charge on any atom is -0.493 e. The number of benzene rings is 1. The van der Waals surface area contributed by atoms with E-state index < -0.39 is 6.10 Å². The van der Waals surface area contributed by atoms with Gasteiger partial charge in [-0.15, -0.1) is 0 Å². The highest BCUT2D eigenvalue weighted by molar-refractivity contribution is 5.94. The van der Waals surface area contributed by atoms with Crippen molar-refractivity contribution < 1.29 is 14.6 Å². The number of aliphatic hydroxyl groups excluding tert-OH is 1. The highest BCUT2D eigenvalue weighted by atomic mass is 16.5. The first-order valence-electron chi connectivity index (χ1n) is 7.78. The van der Waals surface area contributed by atoms with Gasteiger partial charge in [0.25, 0.3) is 5.91 Å². The van der Waals surface area contributed by atoms with Crippen LogP contribution in [-0.4, -0.2) is 29.8 Å². The van der Waals surface area contributed by atoms with Crippen molar-refractivity contribution in [2.24, 2.45) is 5.92 Å². The largest absolute Gasteiger partial charge is 0.493 e. The monoisotopic (exact) mass is 291 g/mol. The molecule has 1 amide bonds. The van der Waals surface area contributed by atoms with Crippen LogP contribution in [0.2, 0.25) is 0 Å². The van der Waals surface area contributed by atoms with Crippen molar-refractivity contribution in [3.63, 3.8) is 0 Å². The van der Waals surface area contributed by atoms with E-state index in [0.29, 0.717) is 18.1 Å². The molecule has 1 aliphatic rings. The van der Waals surface area contributed by atoms with Crippen molar-refractivity contribution in [2.45, 2.75) is 51.7 Å². The average Bonchev–Trinajstić information content (AvgIpc) is 2.48. The van der Waals surface area contributed by atoms with Crippen LogP contribution in [0.4, 0.5) is 0 Å². The second kappa shape index (κ2) is 7.46. The molecule has 0 spiro atoms. The summed E-state index contributed by atoms with van der Waals surface area (Å²) in [4.78, 5) is 12.2. The van der Waals surface area contributed by atoms with Gasteiger partial charge >= 0.3 is 0 Å². The molecule has 21 heavy (non-hydrogen) atoms. The van der Waals surface area contributed by atoms with Gasteiger partial charge < -0.3 is 15.2 Å². The van der Waals surface area contributed by atoms with Gasteiger partial charge in [0, 0.05) is 5.56 Å². The van der Waals surface area contributed by atoms with Crippen molar-refractivity contribution in [1.29, 1.82) is 0 Å². The van der Waals surface area contributed by atoms with Crippen LogP contribution in [-0.2, 0) is 0 Å². The van der Waals surface area contributed by atoms with Crippen molar-refractivity contribution in [3.05, 3.63) is 29.8 Å². The lowest BCUT2D eigenvalue weighted by Crippen LogP contribution is -2.45. The van der Waals surface area contributed by atoms with Gasteiger partial charge in [0.15, 0.2) is 0 Å².